The summed E-state index contributed by atoms with van der Waals surface area (Å²) >= 11 is 0. The van der Waals surface area contributed by atoms with Gasteiger partial charge in [0.25, 0.3) is 0 Å². The van der Waals surface area contributed by atoms with Crippen molar-refractivity contribution in [3.63, 3.8) is 0 Å². The SMILES string of the molecule is Nc1ccc(Oc2c(C#Cc3ccccc3)c(C#Cc3ccccc3)c(Oc3ccc(N)c(O)c3)c(C#Cc3ccccc3)c2C#Cc2ccccc2)cc1O. The molecule has 266 valence electrons. The lowest BCUT2D eigenvalue weighted by Crippen LogP contribution is -2.04. The van der Waals surface area contributed by atoms with Crippen LogP contribution >= 0.6 is 0 Å². The van der Waals surface area contributed by atoms with E-state index in [4.69, 9.17) is 20.9 Å². The molecule has 6 nitrogen and oxygen atoms in total. The first-order valence-electron chi connectivity index (χ1n) is 17.5. The molecule has 0 aliphatic heterocycles. The Morgan fingerprint density at radius 2 is 0.607 bits per heavy atom. The maximum absolute atomic E-state index is 10.6. The van der Waals surface area contributed by atoms with Crippen LogP contribution in [0.5, 0.6) is 34.5 Å². The van der Waals surface area contributed by atoms with Crippen molar-refractivity contribution in [3.8, 4) is 81.9 Å². The number of ether oxygens (including phenoxy) is 2. The smallest absolute Gasteiger partial charge is 0.161 e. The topological polar surface area (TPSA) is 111 Å². The van der Waals surface area contributed by atoms with Crippen molar-refractivity contribution >= 4 is 11.4 Å². The summed E-state index contributed by atoms with van der Waals surface area (Å²) < 4.78 is 13.4. The van der Waals surface area contributed by atoms with E-state index in [1.54, 1.807) is 24.3 Å². The van der Waals surface area contributed by atoms with E-state index < -0.39 is 0 Å². The molecule has 0 spiro atoms. The van der Waals surface area contributed by atoms with Crippen molar-refractivity contribution in [2.45, 2.75) is 0 Å². The fourth-order valence-electron chi connectivity index (χ4n) is 5.42. The lowest BCUT2D eigenvalue weighted by Gasteiger charge is -2.19. The van der Waals surface area contributed by atoms with Crippen molar-refractivity contribution in [3.05, 3.63) is 202 Å². The average Bonchev–Trinajstić information content (AvgIpc) is 3.23. The van der Waals surface area contributed by atoms with Gasteiger partial charge in [-0.3, -0.25) is 0 Å². The van der Waals surface area contributed by atoms with E-state index in [-0.39, 0.29) is 45.9 Å². The normalized spacial score (nSPS) is 9.86. The van der Waals surface area contributed by atoms with E-state index in [2.05, 4.69) is 47.4 Å². The lowest BCUT2D eigenvalue weighted by atomic mass is 9.94. The van der Waals surface area contributed by atoms with E-state index in [0.717, 1.165) is 22.3 Å². The van der Waals surface area contributed by atoms with Crippen LogP contribution in [0.3, 0.4) is 0 Å². The summed E-state index contributed by atoms with van der Waals surface area (Å²) in [6.07, 6.45) is 0. The Bertz CT molecular complexity index is 2460. The summed E-state index contributed by atoms with van der Waals surface area (Å²) in [7, 11) is 0. The lowest BCUT2D eigenvalue weighted by molar-refractivity contribution is 0.447. The summed E-state index contributed by atoms with van der Waals surface area (Å²) in [5.41, 5.74) is 16.7. The monoisotopic (exact) mass is 724 g/mol. The molecular formula is C50H32N2O4. The van der Waals surface area contributed by atoms with Gasteiger partial charge in [-0.05, 0) is 72.8 Å². The second-order valence-corrected chi connectivity index (χ2v) is 12.3. The molecule has 0 bridgehead atoms. The third kappa shape index (κ3) is 8.78. The van der Waals surface area contributed by atoms with Gasteiger partial charge in [0.15, 0.2) is 11.5 Å². The molecule has 0 aliphatic rings. The van der Waals surface area contributed by atoms with Crippen LogP contribution in [0.25, 0.3) is 0 Å². The largest absolute Gasteiger partial charge is 0.506 e. The molecule has 0 aliphatic carbocycles. The molecule has 56 heavy (non-hydrogen) atoms. The number of phenolic OH excluding ortho intramolecular Hbond substituents is 2. The summed E-state index contributed by atoms with van der Waals surface area (Å²) in [6.45, 7) is 0. The van der Waals surface area contributed by atoms with Gasteiger partial charge in [0, 0.05) is 34.4 Å². The van der Waals surface area contributed by atoms with Gasteiger partial charge in [0.2, 0.25) is 0 Å². The summed E-state index contributed by atoms with van der Waals surface area (Å²) in [6, 6.07) is 47.2. The molecule has 0 saturated carbocycles. The number of benzene rings is 7. The number of rotatable bonds is 4. The molecule has 6 N–H and O–H groups in total. The number of nitrogens with two attached hydrogens (primary N) is 2. The van der Waals surface area contributed by atoms with Crippen molar-refractivity contribution < 1.29 is 19.7 Å². The Balaban J connectivity index is 1.64. The second kappa shape index (κ2) is 16.9. The Hall–Kier alpha value is -8.42. The van der Waals surface area contributed by atoms with Crippen molar-refractivity contribution in [2.24, 2.45) is 0 Å². The quantitative estimate of drug-likeness (QED) is 0.0818. The highest BCUT2D eigenvalue weighted by molar-refractivity contribution is 5.78. The fourth-order valence-corrected chi connectivity index (χ4v) is 5.42. The van der Waals surface area contributed by atoms with Crippen LogP contribution in [-0.2, 0) is 0 Å². The Kier molecular flexibility index (Phi) is 10.9. The first-order valence-corrected chi connectivity index (χ1v) is 17.5. The molecule has 0 amide bonds. The van der Waals surface area contributed by atoms with E-state index in [1.807, 2.05) is 121 Å². The highest BCUT2D eigenvalue weighted by atomic mass is 16.5. The molecule has 0 radical (unpaired) electrons. The summed E-state index contributed by atoms with van der Waals surface area (Å²) in [5, 5.41) is 21.3. The number of phenols is 2. The van der Waals surface area contributed by atoms with Gasteiger partial charge in [0.05, 0.1) is 33.6 Å². The maximum Gasteiger partial charge on any atom is 0.161 e. The summed E-state index contributed by atoms with van der Waals surface area (Å²) in [5.74, 6) is 27.1. The Morgan fingerprint density at radius 3 is 0.857 bits per heavy atom. The Labute approximate surface area is 325 Å². The van der Waals surface area contributed by atoms with Crippen LogP contribution in [0.2, 0.25) is 0 Å². The van der Waals surface area contributed by atoms with Crippen LogP contribution in [0.4, 0.5) is 11.4 Å². The molecule has 0 saturated heterocycles. The predicted molar refractivity (Wildman–Crippen MR) is 221 cm³/mol. The minimum Gasteiger partial charge on any atom is -0.506 e. The first kappa shape index (κ1) is 36.0. The fraction of sp³-hybridized carbons (Fsp3) is 0. The van der Waals surface area contributed by atoms with Gasteiger partial charge >= 0.3 is 0 Å². The number of nitrogen functional groups attached to an aromatic ring is 2. The molecule has 0 atom stereocenters. The molecule has 7 aromatic rings. The van der Waals surface area contributed by atoms with Crippen molar-refractivity contribution in [1.29, 1.82) is 0 Å². The molecule has 7 rings (SSSR count). The number of aromatic hydroxyl groups is 2. The van der Waals surface area contributed by atoms with E-state index >= 15 is 0 Å². The van der Waals surface area contributed by atoms with Crippen molar-refractivity contribution in [2.75, 3.05) is 11.5 Å². The minimum absolute atomic E-state index is 0.160. The molecule has 0 heterocycles. The average molecular weight is 725 g/mol. The molecule has 7 aromatic carbocycles. The maximum atomic E-state index is 10.6. The Morgan fingerprint density at radius 1 is 0.339 bits per heavy atom. The molecule has 6 heteroatoms. The highest BCUT2D eigenvalue weighted by Gasteiger charge is 2.26. The zero-order chi connectivity index (χ0) is 38.7. The standard InChI is InChI=1S/C50H32N2O4/c51-45-31-25-39(33-47(45)53)55-49-41(27-21-35-13-5-1-6-14-35)42(28-22-36-15-7-2-8-16-36)50(56-40-26-32-46(52)48(54)34-40)44(30-24-38-19-11-4-12-20-38)43(49)29-23-37-17-9-3-10-18-37/h1-20,25-26,31-34,53-54H,51-52H2. The van der Waals surface area contributed by atoms with Crippen LogP contribution in [0.15, 0.2) is 158 Å². The van der Waals surface area contributed by atoms with Crippen LogP contribution in [-0.4, -0.2) is 10.2 Å². The third-order valence-corrected chi connectivity index (χ3v) is 8.27. The van der Waals surface area contributed by atoms with Gasteiger partial charge in [-0.1, -0.05) is 120 Å². The van der Waals surface area contributed by atoms with Gasteiger partial charge in [0.1, 0.15) is 23.0 Å². The zero-order valence-electron chi connectivity index (χ0n) is 29.9. The highest BCUT2D eigenvalue weighted by Crippen LogP contribution is 2.43. The summed E-state index contributed by atoms with van der Waals surface area (Å²) in [4.78, 5) is 0. The van der Waals surface area contributed by atoms with Crippen molar-refractivity contribution in [1.82, 2.24) is 0 Å². The molecular weight excluding hydrogens is 693 g/mol. The molecule has 0 fully saturated rings. The first-order chi connectivity index (χ1) is 27.4. The van der Waals surface area contributed by atoms with Crippen LogP contribution < -0.4 is 20.9 Å². The number of hydrogen-bond acceptors (Lipinski definition) is 6. The van der Waals surface area contributed by atoms with Gasteiger partial charge in [-0.15, -0.1) is 0 Å². The second-order valence-electron chi connectivity index (χ2n) is 12.3. The van der Waals surface area contributed by atoms with Gasteiger partial charge < -0.3 is 31.2 Å². The third-order valence-electron chi connectivity index (χ3n) is 8.27. The van der Waals surface area contributed by atoms with Gasteiger partial charge in [-0.2, -0.15) is 0 Å². The van der Waals surface area contributed by atoms with Gasteiger partial charge in [-0.25, -0.2) is 0 Å². The van der Waals surface area contributed by atoms with E-state index in [1.165, 1.54) is 12.1 Å². The zero-order valence-corrected chi connectivity index (χ0v) is 29.9. The number of hydrogen-bond donors (Lipinski definition) is 4. The van der Waals surface area contributed by atoms with E-state index in [9.17, 15) is 10.2 Å². The van der Waals surface area contributed by atoms with Crippen LogP contribution in [0, 0.1) is 47.4 Å². The molecule has 0 aromatic heterocycles. The van der Waals surface area contributed by atoms with Crippen LogP contribution in [0.1, 0.15) is 44.5 Å². The minimum atomic E-state index is -0.160. The van der Waals surface area contributed by atoms with E-state index in [0.29, 0.717) is 22.3 Å². The number of anilines is 2. The predicted octanol–water partition coefficient (Wildman–Crippen LogP) is 9.45. The molecule has 0 unspecified atom stereocenters.